The lowest BCUT2D eigenvalue weighted by atomic mass is 10.1. The Morgan fingerprint density at radius 1 is 1.25 bits per heavy atom. The Balaban J connectivity index is 1.57. The third kappa shape index (κ3) is 3.20. The van der Waals surface area contributed by atoms with Gasteiger partial charge in [0.15, 0.2) is 0 Å². The van der Waals surface area contributed by atoms with Crippen molar-refractivity contribution in [3.63, 3.8) is 0 Å². The van der Waals surface area contributed by atoms with Crippen LogP contribution in [0.2, 0.25) is 5.02 Å². The predicted octanol–water partition coefficient (Wildman–Crippen LogP) is 3.53. The van der Waals surface area contributed by atoms with Gasteiger partial charge in [0.05, 0.1) is 11.3 Å². The van der Waals surface area contributed by atoms with Crippen LogP contribution in [0.15, 0.2) is 45.3 Å². The molecule has 0 saturated heterocycles. The maximum absolute atomic E-state index is 12.8. The number of aromatic nitrogens is 2. The van der Waals surface area contributed by atoms with Crippen molar-refractivity contribution in [2.75, 3.05) is 6.54 Å². The molecule has 2 aromatic rings. The van der Waals surface area contributed by atoms with Crippen molar-refractivity contribution in [3.05, 3.63) is 72.7 Å². The van der Waals surface area contributed by atoms with Crippen molar-refractivity contribution >= 4 is 42.0 Å². The van der Waals surface area contributed by atoms with E-state index in [0.29, 0.717) is 6.54 Å². The summed E-state index contributed by atoms with van der Waals surface area (Å²) in [6.45, 7) is 2.47. The largest absolute Gasteiger partial charge is 0.295 e. The third-order valence-electron chi connectivity index (χ3n) is 4.32. The van der Waals surface area contributed by atoms with Crippen molar-refractivity contribution in [2.45, 2.75) is 19.5 Å². The predicted molar refractivity (Wildman–Crippen MR) is 108 cm³/mol. The number of hydrogen-bond acceptors (Lipinski definition) is 2. The topological polar surface area (TPSA) is 41.0 Å². The highest BCUT2D eigenvalue weighted by molar-refractivity contribution is 14.2. The van der Waals surface area contributed by atoms with Crippen LogP contribution < -0.4 is 5.56 Å². The van der Waals surface area contributed by atoms with Gasteiger partial charge in [0, 0.05) is 36.8 Å². The number of aromatic amines is 1. The summed E-state index contributed by atoms with van der Waals surface area (Å²) in [7, 11) is 0. The molecule has 0 unspecified atom stereocenters. The molecule has 2 aliphatic heterocycles. The second-order valence-electron chi connectivity index (χ2n) is 5.93. The van der Waals surface area contributed by atoms with E-state index in [2.05, 4.69) is 18.1 Å². The number of nitrogens with one attached hydrogen (secondary N) is 1. The van der Waals surface area contributed by atoms with Crippen LogP contribution in [0.1, 0.15) is 16.8 Å². The molecule has 1 N–H and O–H groups in total. The highest BCUT2D eigenvalue weighted by Gasteiger charge is 2.23. The molecular formula is C18H17ClIN3O. The molecule has 0 saturated carbocycles. The summed E-state index contributed by atoms with van der Waals surface area (Å²) in [6, 6.07) is 7.92. The number of hydrogen-bond donors (Lipinski definition) is 1. The molecule has 0 bridgehead atoms. The number of benzene rings is 1. The molecule has 24 heavy (non-hydrogen) atoms. The van der Waals surface area contributed by atoms with Crippen LogP contribution in [-0.2, 0) is 19.5 Å². The first-order valence-corrected chi connectivity index (χ1v) is 10.7. The van der Waals surface area contributed by atoms with Crippen LogP contribution in [0, 0.1) is 0 Å². The van der Waals surface area contributed by atoms with E-state index in [1.807, 2.05) is 36.4 Å². The number of fused-ring (bicyclic) bond motifs is 1. The molecule has 2 aliphatic rings. The summed E-state index contributed by atoms with van der Waals surface area (Å²) >= 11 is 5.97. The molecular weight excluding hydrogens is 437 g/mol. The molecule has 0 radical (unpaired) electrons. The van der Waals surface area contributed by atoms with Crippen LogP contribution in [0.4, 0.5) is 0 Å². The normalized spacial score (nSPS) is 17.3. The number of nitrogens with zero attached hydrogens (tertiary/aromatic N) is 2. The molecule has 1 aromatic heterocycles. The second kappa shape index (κ2) is 6.82. The Kier molecular flexibility index (Phi) is 4.56. The van der Waals surface area contributed by atoms with E-state index in [1.165, 1.54) is 5.56 Å². The molecule has 4 rings (SSSR count). The number of halogens is 2. The summed E-state index contributed by atoms with van der Waals surface area (Å²) in [4.78, 5) is 15.1. The van der Waals surface area contributed by atoms with Crippen LogP contribution in [0.5, 0.6) is 0 Å². The van der Waals surface area contributed by atoms with Gasteiger partial charge in [-0.25, -0.2) is 4.68 Å². The van der Waals surface area contributed by atoms with E-state index in [0.717, 1.165) is 41.5 Å². The average molecular weight is 454 g/mol. The van der Waals surface area contributed by atoms with Gasteiger partial charge in [0.25, 0.3) is 5.56 Å². The summed E-state index contributed by atoms with van der Waals surface area (Å²) in [6.07, 6.45) is 4.96. The van der Waals surface area contributed by atoms with Gasteiger partial charge < -0.3 is 0 Å². The molecule has 3 heterocycles. The van der Waals surface area contributed by atoms with Gasteiger partial charge in [-0.05, 0) is 37.9 Å². The maximum atomic E-state index is 12.8. The smallest absolute Gasteiger partial charge is 0.275 e. The lowest BCUT2D eigenvalue weighted by molar-refractivity contribution is 0.244. The number of allylic oxidation sites excluding steroid dienone is 3. The van der Waals surface area contributed by atoms with Crippen molar-refractivity contribution in [2.24, 2.45) is 0 Å². The lowest BCUT2D eigenvalue weighted by Crippen LogP contribution is -2.32. The Morgan fingerprint density at radius 2 is 2.08 bits per heavy atom. The second-order valence-corrected chi connectivity index (χ2v) is 8.53. The SMILES string of the molecule is O=c1c2c([nH]n1C1=CC=IC=C1)CCN(Cc1ccc(Cl)cc1)C2. The van der Waals surface area contributed by atoms with Gasteiger partial charge in [0.1, 0.15) is 0 Å². The number of H-pyrrole nitrogens is 1. The Hall–Kier alpha value is -1.44. The highest BCUT2D eigenvalue weighted by atomic mass is 127. The number of rotatable bonds is 3. The van der Waals surface area contributed by atoms with Crippen LogP contribution in [0.25, 0.3) is 5.70 Å². The molecule has 0 amide bonds. The van der Waals surface area contributed by atoms with E-state index in [-0.39, 0.29) is 26.3 Å². The molecule has 1 aromatic carbocycles. The molecule has 0 fully saturated rings. The van der Waals surface area contributed by atoms with Gasteiger partial charge in [-0.15, -0.1) is 0 Å². The van der Waals surface area contributed by atoms with Gasteiger partial charge in [0.2, 0.25) is 0 Å². The van der Waals surface area contributed by atoms with Gasteiger partial charge in [-0.2, -0.15) is 0 Å². The van der Waals surface area contributed by atoms with E-state index >= 15 is 0 Å². The maximum Gasteiger partial charge on any atom is 0.275 e. The van der Waals surface area contributed by atoms with E-state index in [9.17, 15) is 4.79 Å². The quantitative estimate of drug-likeness (QED) is 0.723. The first-order valence-electron chi connectivity index (χ1n) is 7.83. The summed E-state index contributed by atoms with van der Waals surface area (Å²) in [5.74, 6) is 0. The minimum absolute atomic E-state index is 0.0217. The molecule has 0 aliphatic carbocycles. The van der Waals surface area contributed by atoms with Crippen molar-refractivity contribution < 1.29 is 0 Å². The first kappa shape index (κ1) is 16.1. The lowest BCUT2D eigenvalue weighted by Gasteiger charge is -2.25. The van der Waals surface area contributed by atoms with Crippen LogP contribution in [0.3, 0.4) is 0 Å². The molecule has 0 atom stereocenters. The van der Waals surface area contributed by atoms with Crippen molar-refractivity contribution in [3.8, 4) is 0 Å². The zero-order valence-corrected chi connectivity index (χ0v) is 15.9. The standard InChI is InChI=1S/C18H17ClIN3O/c19-14-3-1-13(2-4-14)11-22-10-7-17-16(12-22)18(24)23(21-17)15-5-8-20-9-6-15/h1-6,8-9,21H,7,10-12H2. The zero-order valence-electron chi connectivity index (χ0n) is 13.0. The Morgan fingerprint density at radius 3 is 2.83 bits per heavy atom. The fraction of sp³-hybridized carbons (Fsp3) is 0.222. The third-order valence-corrected chi connectivity index (χ3v) is 6.12. The van der Waals surface area contributed by atoms with Crippen LogP contribution in [-0.4, -0.2) is 25.2 Å². The van der Waals surface area contributed by atoms with E-state index in [1.54, 1.807) is 4.68 Å². The monoisotopic (exact) mass is 453 g/mol. The van der Waals surface area contributed by atoms with Crippen molar-refractivity contribution in [1.82, 2.24) is 14.7 Å². The minimum atomic E-state index is 0.0217. The van der Waals surface area contributed by atoms with Crippen molar-refractivity contribution in [1.29, 1.82) is 0 Å². The van der Waals surface area contributed by atoms with Gasteiger partial charge in [-0.3, -0.25) is 14.8 Å². The Labute approximate surface area is 155 Å². The van der Waals surface area contributed by atoms with E-state index in [4.69, 9.17) is 11.6 Å². The van der Waals surface area contributed by atoms with Crippen LogP contribution >= 0.6 is 32.3 Å². The zero-order chi connectivity index (χ0) is 16.5. The van der Waals surface area contributed by atoms with Gasteiger partial charge in [-0.1, -0.05) is 44.5 Å². The molecule has 4 nitrogen and oxygen atoms in total. The molecule has 124 valence electrons. The average Bonchev–Trinajstić information content (AvgIpc) is 2.94. The summed E-state index contributed by atoms with van der Waals surface area (Å²) in [5.41, 5.74) is 4.20. The summed E-state index contributed by atoms with van der Waals surface area (Å²) < 4.78 is 6.03. The molecule has 6 heteroatoms. The first-order chi connectivity index (χ1) is 11.7. The fourth-order valence-electron chi connectivity index (χ4n) is 3.07. The van der Waals surface area contributed by atoms with Gasteiger partial charge >= 0.3 is 0 Å². The minimum Gasteiger partial charge on any atom is -0.295 e. The highest BCUT2D eigenvalue weighted by Crippen LogP contribution is 2.20. The summed E-state index contributed by atoms with van der Waals surface area (Å²) in [5, 5.41) is 4.05. The fourth-order valence-corrected chi connectivity index (χ4v) is 4.59. The molecule has 0 spiro atoms. The van der Waals surface area contributed by atoms with E-state index < -0.39 is 0 Å². The Bertz CT molecular complexity index is 905.